The minimum Gasteiger partial charge on any atom is -0.481 e. The van der Waals surface area contributed by atoms with Crippen LogP contribution in [0.2, 0.25) is 0 Å². The van der Waals surface area contributed by atoms with Gasteiger partial charge in [-0.25, -0.2) is 0 Å². The summed E-state index contributed by atoms with van der Waals surface area (Å²) < 4.78 is 0. The lowest BCUT2D eigenvalue weighted by molar-refractivity contribution is -0.139. The van der Waals surface area contributed by atoms with Crippen molar-refractivity contribution in [2.75, 3.05) is 0 Å². The molecule has 0 saturated heterocycles. The summed E-state index contributed by atoms with van der Waals surface area (Å²) in [7, 11) is 0. The maximum absolute atomic E-state index is 10.7. The van der Waals surface area contributed by atoms with E-state index in [9.17, 15) is 14.4 Å². The SMILES string of the molecule is O=C(O)CCC(=O)CCC(=O)O.c1cc(-c2ccncc2)ccn1. The van der Waals surface area contributed by atoms with Crippen LogP contribution >= 0.6 is 0 Å². The third-order valence-electron chi connectivity index (χ3n) is 2.93. The molecule has 0 aliphatic rings. The molecule has 0 amide bonds. The van der Waals surface area contributed by atoms with Crippen molar-refractivity contribution in [1.82, 2.24) is 9.97 Å². The van der Waals surface area contributed by atoms with Crippen LogP contribution in [0.4, 0.5) is 0 Å². The van der Waals surface area contributed by atoms with Gasteiger partial charge in [0.15, 0.2) is 0 Å². The Hall–Kier alpha value is -3.09. The highest BCUT2D eigenvalue weighted by atomic mass is 16.4. The molecular weight excluding hydrogens is 312 g/mol. The summed E-state index contributed by atoms with van der Waals surface area (Å²) >= 11 is 0. The second-order valence-corrected chi connectivity index (χ2v) is 4.80. The molecule has 2 N–H and O–H groups in total. The minimum atomic E-state index is -1.04. The predicted molar refractivity (Wildman–Crippen MR) is 86.2 cm³/mol. The zero-order valence-corrected chi connectivity index (χ0v) is 13.0. The lowest BCUT2D eigenvalue weighted by Crippen LogP contribution is -2.05. The Balaban J connectivity index is 0.000000240. The number of carboxylic acid groups (broad SMARTS) is 2. The van der Waals surface area contributed by atoms with Crippen molar-refractivity contribution in [2.24, 2.45) is 0 Å². The van der Waals surface area contributed by atoms with Crippen LogP contribution in [-0.4, -0.2) is 37.9 Å². The molecule has 0 fully saturated rings. The fraction of sp³-hybridized carbons (Fsp3) is 0.235. The number of hydrogen-bond acceptors (Lipinski definition) is 5. The molecule has 2 aromatic heterocycles. The van der Waals surface area contributed by atoms with Gasteiger partial charge in [0.05, 0.1) is 12.8 Å². The molecule has 126 valence electrons. The summed E-state index contributed by atoms with van der Waals surface area (Å²) in [6, 6.07) is 7.93. The number of rotatable bonds is 7. The monoisotopic (exact) mass is 330 g/mol. The lowest BCUT2D eigenvalue weighted by atomic mass is 10.1. The molecule has 0 saturated carbocycles. The summed E-state index contributed by atoms with van der Waals surface area (Å²) in [5.74, 6) is -2.41. The number of aromatic nitrogens is 2. The van der Waals surface area contributed by atoms with Crippen LogP contribution < -0.4 is 0 Å². The summed E-state index contributed by atoms with van der Waals surface area (Å²) in [5, 5.41) is 16.3. The second kappa shape index (κ2) is 10.6. The zero-order valence-electron chi connectivity index (χ0n) is 13.0. The van der Waals surface area contributed by atoms with Crippen LogP contribution in [0.25, 0.3) is 11.1 Å². The topological polar surface area (TPSA) is 117 Å². The molecule has 7 heteroatoms. The van der Waals surface area contributed by atoms with E-state index in [0.717, 1.165) is 0 Å². The average molecular weight is 330 g/mol. The molecule has 0 unspecified atom stereocenters. The number of carbonyl (C=O) groups excluding carboxylic acids is 1. The molecule has 2 aromatic rings. The fourth-order valence-electron chi connectivity index (χ4n) is 1.71. The van der Waals surface area contributed by atoms with E-state index in [2.05, 4.69) is 9.97 Å². The van der Waals surface area contributed by atoms with Crippen LogP contribution in [0.1, 0.15) is 25.7 Å². The molecule has 0 aromatic carbocycles. The smallest absolute Gasteiger partial charge is 0.303 e. The van der Waals surface area contributed by atoms with Gasteiger partial charge in [-0.05, 0) is 35.4 Å². The highest BCUT2D eigenvalue weighted by Gasteiger charge is 2.07. The number of Topliss-reactive ketones (excluding diaryl/α,β-unsaturated/α-hetero) is 1. The van der Waals surface area contributed by atoms with Crippen molar-refractivity contribution in [1.29, 1.82) is 0 Å². The molecule has 0 aliphatic heterocycles. The molecule has 0 radical (unpaired) electrons. The van der Waals surface area contributed by atoms with Crippen molar-refractivity contribution >= 4 is 17.7 Å². The molecule has 7 nitrogen and oxygen atoms in total. The normalized spacial score (nSPS) is 9.50. The standard InChI is InChI=1S/C10H8N2.C7H10O5/c1-5-11-6-2-9(1)10-3-7-12-8-4-10;8-5(1-3-6(9)10)2-4-7(11)12/h1-8H;1-4H2,(H,9,10)(H,11,12). The van der Waals surface area contributed by atoms with Crippen LogP contribution in [0.5, 0.6) is 0 Å². The van der Waals surface area contributed by atoms with Gasteiger partial charge in [-0.1, -0.05) is 0 Å². The Kier molecular flexibility index (Phi) is 8.38. The Bertz CT molecular complexity index is 602. The van der Waals surface area contributed by atoms with Gasteiger partial charge in [-0.2, -0.15) is 0 Å². The summed E-state index contributed by atoms with van der Waals surface area (Å²) in [5.41, 5.74) is 2.35. The molecule has 0 aliphatic carbocycles. The Labute approximate surface area is 139 Å². The molecule has 2 heterocycles. The van der Waals surface area contributed by atoms with Gasteiger partial charge in [0, 0.05) is 37.6 Å². The van der Waals surface area contributed by atoms with Crippen molar-refractivity contribution in [3.05, 3.63) is 49.1 Å². The van der Waals surface area contributed by atoms with Crippen molar-refractivity contribution < 1.29 is 24.6 Å². The highest BCUT2D eigenvalue weighted by molar-refractivity contribution is 5.84. The summed E-state index contributed by atoms with van der Waals surface area (Å²) in [4.78, 5) is 38.6. The minimum absolute atomic E-state index is 0.0807. The van der Waals surface area contributed by atoms with E-state index in [1.807, 2.05) is 24.3 Å². The summed E-state index contributed by atoms with van der Waals surface area (Å²) in [6.45, 7) is 0. The molecule has 0 atom stereocenters. The lowest BCUT2D eigenvalue weighted by Gasteiger charge is -1.97. The largest absolute Gasteiger partial charge is 0.481 e. The van der Waals surface area contributed by atoms with Gasteiger partial charge >= 0.3 is 11.9 Å². The van der Waals surface area contributed by atoms with Gasteiger partial charge in [-0.15, -0.1) is 0 Å². The third kappa shape index (κ3) is 8.38. The van der Waals surface area contributed by atoms with E-state index in [1.54, 1.807) is 24.8 Å². The average Bonchev–Trinajstić information content (AvgIpc) is 2.60. The van der Waals surface area contributed by atoms with Gasteiger partial charge in [0.1, 0.15) is 5.78 Å². The fourth-order valence-corrected chi connectivity index (χ4v) is 1.71. The number of carboxylic acids is 2. The molecule has 0 bridgehead atoms. The molecule has 2 rings (SSSR count). The second-order valence-electron chi connectivity index (χ2n) is 4.80. The van der Waals surface area contributed by atoms with Gasteiger partial charge in [0.25, 0.3) is 0 Å². The molecule has 24 heavy (non-hydrogen) atoms. The number of carbonyl (C=O) groups is 3. The molecular formula is C17H18N2O5. The van der Waals surface area contributed by atoms with Crippen LogP contribution in [0, 0.1) is 0 Å². The number of hydrogen-bond donors (Lipinski definition) is 2. The van der Waals surface area contributed by atoms with Crippen molar-refractivity contribution in [3.8, 4) is 11.1 Å². The first kappa shape index (κ1) is 19.0. The van der Waals surface area contributed by atoms with Gasteiger partial charge in [-0.3, -0.25) is 24.4 Å². The van der Waals surface area contributed by atoms with E-state index in [0.29, 0.717) is 0 Å². The number of nitrogens with zero attached hydrogens (tertiary/aromatic N) is 2. The van der Waals surface area contributed by atoms with Gasteiger partial charge in [0.2, 0.25) is 0 Å². The predicted octanol–water partition coefficient (Wildman–Crippen LogP) is 2.43. The first-order valence-corrected chi connectivity index (χ1v) is 7.24. The van der Waals surface area contributed by atoms with Crippen molar-refractivity contribution in [3.63, 3.8) is 0 Å². The van der Waals surface area contributed by atoms with Crippen LogP contribution in [-0.2, 0) is 14.4 Å². The number of pyridine rings is 2. The summed E-state index contributed by atoms with van der Waals surface area (Å²) in [6.07, 6.45) is 6.54. The molecule has 0 spiro atoms. The highest BCUT2D eigenvalue weighted by Crippen LogP contribution is 2.15. The van der Waals surface area contributed by atoms with Crippen LogP contribution in [0.3, 0.4) is 0 Å². The number of aliphatic carboxylic acids is 2. The van der Waals surface area contributed by atoms with E-state index >= 15 is 0 Å². The van der Waals surface area contributed by atoms with E-state index in [1.165, 1.54) is 11.1 Å². The Morgan fingerprint density at radius 1 is 0.667 bits per heavy atom. The first-order valence-electron chi connectivity index (χ1n) is 7.24. The maximum atomic E-state index is 10.7. The third-order valence-corrected chi connectivity index (χ3v) is 2.93. The van der Waals surface area contributed by atoms with Crippen LogP contribution in [0.15, 0.2) is 49.1 Å². The first-order chi connectivity index (χ1) is 11.5. The number of ketones is 1. The quantitative estimate of drug-likeness (QED) is 0.800. The Morgan fingerprint density at radius 2 is 1.00 bits per heavy atom. The van der Waals surface area contributed by atoms with E-state index in [-0.39, 0.29) is 31.5 Å². The zero-order chi connectivity index (χ0) is 17.8. The van der Waals surface area contributed by atoms with Gasteiger partial charge < -0.3 is 10.2 Å². The van der Waals surface area contributed by atoms with Crippen molar-refractivity contribution in [2.45, 2.75) is 25.7 Å². The van der Waals surface area contributed by atoms with E-state index in [4.69, 9.17) is 10.2 Å². The van der Waals surface area contributed by atoms with E-state index < -0.39 is 11.9 Å². The maximum Gasteiger partial charge on any atom is 0.303 e. The Morgan fingerprint density at radius 3 is 1.29 bits per heavy atom.